The Balaban J connectivity index is 1.31. The number of rotatable bonds is 5. The van der Waals surface area contributed by atoms with E-state index in [4.69, 9.17) is 0 Å². The summed E-state index contributed by atoms with van der Waals surface area (Å²) in [7, 11) is 0. The van der Waals surface area contributed by atoms with Gasteiger partial charge in [0.2, 0.25) is 0 Å². The Morgan fingerprint density at radius 1 is 0.273 bits per heavy atom. The van der Waals surface area contributed by atoms with E-state index in [1.165, 1.54) is 98.6 Å². The van der Waals surface area contributed by atoms with Gasteiger partial charge in [-0.2, -0.15) is 0 Å². The quantitative estimate of drug-likeness (QED) is 0.158. The maximum Gasteiger partial charge on any atom is 0.0619 e. The van der Waals surface area contributed by atoms with Gasteiger partial charge < -0.3 is 4.57 Å². The van der Waals surface area contributed by atoms with Crippen LogP contribution in [0.15, 0.2) is 212 Å². The first-order valence-corrected chi connectivity index (χ1v) is 19.0. The van der Waals surface area contributed by atoms with Crippen LogP contribution in [-0.2, 0) is 0 Å². The van der Waals surface area contributed by atoms with Crippen molar-refractivity contribution in [1.29, 1.82) is 0 Å². The van der Waals surface area contributed by atoms with E-state index in [9.17, 15) is 0 Å². The first-order chi connectivity index (χ1) is 27.3. The second-order valence-electron chi connectivity index (χ2n) is 14.4. The molecular weight excluding hydrogens is 663 g/mol. The summed E-state index contributed by atoms with van der Waals surface area (Å²) in [4.78, 5) is 0. The monoisotopic (exact) mass is 697 g/mol. The van der Waals surface area contributed by atoms with E-state index in [1.54, 1.807) is 0 Å². The lowest BCUT2D eigenvalue weighted by Gasteiger charge is -2.23. The van der Waals surface area contributed by atoms with Crippen molar-refractivity contribution < 1.29 is 0 Å². The molecule has 0 spiro atoms. The number of hydrogen-bond acceptors (Lipinski definition) is 0. The zero-order valence-corrected chi connectivity index (χ0v) is 30.2. The van der Waals surface area contributed by atoms with Crippen molar-refractivity contribution in [3.05, 3.63) is 212 Å². The van der Waals surface area contributed by atoms with Gasteiger partial charge >= 0.3 is 0 Å². The van der Waals surface area contributed by atoms with E-state index in [-0.39, 0.29) is 0 Å². The molecule has 1 heteroatoms. The van der Waals surface area contributed by atoms with Crippen LogP contribution < -0.4 is 0 Å². The van der Waals surface area contributed by atoms with Crippen molar-refractivity contribution in [3.63, 3.8) is 0 Å². The summed E-state index contributed by atoms with van der Waals surface area (Å²) >= 11 is 0. The highest BCUT2D eigenvalue weighted by Crippen LogP contribution is 2.51. The van der Waals surface area contributed by atoms with Crippen molar-refractivity contribution in [1.82, 2.24) is 4.57 Å². The minimum atomic E-state index is 1.15. The summed E-state index contributed by atoms with van der Waals surface area (Å²) < 4.78 is 2.46. The molecular formula is C54H35N. The minimum absolute atomic E-state index is 1.15. The fraction of sp³-hybridized carbons (Fsp3) is 0. The summed E-state index contributed by atoms with van der Waals surface area (Å²) in [5.74, 6) is 0. The van der Waals surface area contributed by atoms with Crippen molar-refractivity contribution >= 4 is 54.1 Å². The number of para-hydroxylation sites is 3. The Morgan fingerprint density at radius 3 is 1.53 bits per heavy atom. The molecule has 0 atom stereocenters. The number of benzene rings is 10. The van der Waals surface area contributed by atoms with Crippen LogP contribution in [0.5, 0.6) is 0 Å². The normalized spacial score (nSPS) is 11.6. The molecule has 0 amide bonds. The van der Waals surface area contributed by atoms with Gasteiger partial charge in [-0.05, 0) is 95.5 Å². The highest BCUT2D eigenvalue weighted by molar-refractivity contribution is 6.25. The van der Waals surface area contributed by atoms with Crippen LogP contribution in [0.3, 0.4) is 0 Å². The largest absolute Gasteiger partial charge is 0.309 e. The maximum atomic E-state index is 2.46. The molecule has 0 N–H and O–H groups in total. The summed E-state index contributed by atoms with van der Waals surface area (Å²) in [5.41, 5.74) is 13.4. The maximum absolute atomic E-state index is 2.46. The Morgan fingerprint density at radius 2 is 0.800 bits per heavy atom. The van der Waals surface area contributed by atoms with Gasteiger partial charge in [-0.1, -0.05) is 188 Å². The van der Waals surface area contributed by atoms with Crippen molar-refractivity contribution in [2.75, 3.05) is 0 Å². The van der Waals surface area contributed by atoms with Gasteiger partial charge in [-0.15, -0.1) is 0 Å². The fourth-order valence-corrected chi connectivity index (χ4v) is 9.04. The molecule has 0 aliphatic heterocycles. The van der Waals surface area contributed by atoms with E-state index in [2.05, 4.69) is 217 Å². The van der Waals surface area contributed by atoms with Crippen LogP contribution in [0, 0.1) is 0 Å². The number of aromatic nitrogens is 1. The molecule has 0 radical (unpaired) electrons. The molecule has 0 saturated heterocycles. The summed E-state index contributed by atoms with van der Waals surface area (Å²) in [6.45, 7) is 0. The molecule has 10 aromatic carbocycles. The fourth-order valence-electron chi connectivity index (χ4n) is 9.04. The average molecular weight is 698 g/mol. The molecule has 0 unspecified atom stereocenters. The highest BCUT2D eigenvalue weighted by Gasteiger charge is 2.24. The SMILES string of the molecule is c1ccc(-c2cccc(-c3cccc4c5ccccc5n(-c5ccccc5)c34)c2-c2c3ccccc3c(-c3ccc4ccccc4c3)c3ccccc23)cc1. The van der Waals surface area contributed by atoms with Crippen LogP contribution >= 0.6 is 0 Å². The molecule has 11 aromatic rings. The molecule has 0 saturated carbocycles. The van der Waals surface area contributed by atoms with Gasteiger partial charge in [-0.25, -0.2) is 0 Å². The molecule has 0 aliphatic carbocycles. The molecule has 1 heterocycles. The van der Waals surface area contributed by atoms with E-state index in [1.807, 2.05) is 0 Å². The second-order valence-corrected chi connectivity index (χ2v) is 14.4. The predicted molar refractivity (Wildman–Crippen MR) is 235 cm³/mol. The smallest absolute Gasteiger partial charge is 0.0619 e. The minimum Gasteiger partial charge on any atom is -0.309 e. The lowest BCUT2D eigenvalue weighted by molar-refractivity contribution is 1.18. The van der Waals surface area contributed by atoms with Crippen LogP contribution in [-0.4, -0.2) is 4.57 Å². The zero-order chi connectivity index (χ0) is 36.3. The van der Waals surface area contributed by atoms with Gasteiger partial charge in [-0.3, -0.25) is 0 Å². The van der Waals surface area contributed by atoms with Gasteiger partial charge in [0, 0.05) is 22.0 Å². The highest BCUT2D eigenvalue weighted by atomic mass is 15.0. The lowest BCUT2D eigenvalue weighted by Crippen LogP contribution is -1.98. The van der Waals surface area contributed by atoms with Crippen LogP contribution in [0.2, 0.25) is 0 Å². The third-order valence-electron chi connectivity index (χ3n) is 11.4. The van der Waals surface area contributed by atoms with Gasteiger partial charge in [0.15, 0.2) is 0 Å². The standard InChI is InChI=1S/C54H35N/c1-3-18-37(19-4-1)41-28-15-29-47(49-31-16-30-48-42-23-13-14-32-50(42)55(54(48)49)40-21-5-2-6-22-40)52(41)53-45-26-11-9-24-43(45)51(44-25-10-12-27-46(44)53)39-34-33-36-17-7-8-20-38(36)35-39/h1-35H. The van der Waals surface area contributed by atoms with Crippen molar-refractivity contribution in [3.8, 4) is 50.2 Å². The third-order valence-corrected chi connectivity index (χ3v) is 11.4. The van der Waals surface area contributed by atoms with Gasteiger partial charge in [0.05, 0.1) is 11.0 Å². The molecule has 55 heavy (non-hydrogen) atoms. The van der Waals surface area contributed by atoms with Crippen LogP contribution in [0.4, 0.5) is 0 Å². The molecule has 1 aromatic heterocycles. The van der Waals surface area contributed by atoms with Gasteiger partial charge in [0.25, 0.3) is 0 Å². The Bertz CT molecular complexity index is 3190. The molecule has 0 fully saturated rings. The van der Waals surface area contributed by atoms with Gasteiger partial charge in [0.1, 0.15) is 0 Å². The number of nitrogens with zero attached hydrogens (tertiary/aromatic N) is 1. The van der Waals surface area contributed by atoms with Crippen LogP contribution in [0.25, 0.3) is 104 Å². The average Bonchev–Trinajstić information content (AvgIpc) is 3.60. The first kappa shape index (κ1) is 31.3. The first-order valence-electron chi connectivity index (χ1n) is 19.0. The Hall–Kier alpha value is -7.22. The topological polar surface area (TPSA) is 4.93 Å². The van der Waals surface area contributed by atoms with E-state index >= 15 is 0 Å². The summed E-state index contributed by atoms with van der Waals surface area (Å²) in [5, 5.41) is 9.97. The van der Waals surface area contributed by atoms with E-state index in [0.717, 1.165) is 5.69 Å². The molecule has 256 valence electrons. The molecule has 0 bridgehead atoms. The number of hydrogen-bond donors (Lipinski definition) is 0. The van der Waals surface area contributed by atoms with Crippen molar-refractivity contribution in [2.24, 2.45) is 0 Å². The van der Waals surface area contributed by atoms with Crippen LogP contribution in [0.1, 0.15) is 0 Å². The zero-order valence-electron chi connectivity index (χ0n) is 30.2. The number of fused-ring (bicyclic) bond motifs is 6. The molecule has 11 rings (SSSR count). The van der Waals surface area contributed by atoms with E-state index < -0.39 is 0 Å². The molecule has 0 aliphatic rings. The Kier molecular flexibility index (Phi) is 7.25. The summed E-state index contributed by atoms with van der Waals surface area (Å²) in [6, 6.07) is 77.9. The second kappa shape index (κ2) is 12.7. The predicted octanol–water partition coefficient (Wildman–Crippen LogP) is 14.9. The third kappa shape index (κ3) is 4.94. The lowest BCUT2D eigenvalue weighted by atomic mass is 9.80. The Labute approximate surface area is 320 Å². The molecule has 1 nitrogen and oxygen atoms in total. The van der Waals surface area contributed by atoms with Crippen molar-refractivity contribution in [2.45, 2.75) is 0 Å². The summed E-state index contributed by atoms with van der Waals surface area (Å²) in [6.07, 6.45) is 0. The van der Waals surface area contributed by atoms with E-state index in [0.29, 0.717) is 0 Å².